The van der Waals surface area contributed by atoms with Gasteiger partial charge in [-0.1, -0.05) is 18.2 Å². The van der Waals surface area contributed by atoms with Crippen LogP contribution in [0.2, 0.25) is 0 Å². The zero-order valence-electron chi connectivity index (χ0n) is 11.7. The molecule has 1 aliphatic carbocycles. The van der Waals surface area contributed by atoms with E-state index >= 15 is 0 Å². The standard InChI is InChI=1S/C16H16N2O2S/c19-12-5-3-7-14-15(12)17-16(21-14)18-8-9-20-13-6-2-1-4-11(13)10-18/h1-2,4,6H,3,5,7-10H2. The second kappa shape index (κ2) is 5.15. The van der Waals surface area contributed by atoms with Crippen LogP contribution >= 0.6 is 11.3 Å². The van der Waals surface area contributed by atoms with Gasteiger partial charge >= 0.3 is 0 Å². The lowest BCUT2D eigenvalue weighted by atomic mass is 10.0. The van der Waals surface area contributed by atoms with Crippen molar-refractivity contribution in [1.29, 1.82) is 0 Å². The molecule has 2 aliphatic rings. The van der Waals surface area contributed by atoms with Crippen LogP contribution in [0.25, 0.3) is 0 Å². The number of thiazole rings is 1. The Morgan fingerprint density at radius 1 is 1.24 bits per heavy atom. The lowest BCUT2D eigenvalue weighted by Crippen LogP contribution is -2.25. The third kappa shape index (κ3) is 2.31. The highest BCUT2D eigenvalue weighted by molar-refractivity contribution is 7.16. The Morgan fingerprint density at radius 2 is 2.14 bits per heavy atom. The number of carbonyl (C=O) groups excluding carboxylic acids is 1. The van der Waals surface area contributed by atoms with E-state index in [1.54, 1.807) is 11.3 Å². The van der Waals surface area contributed by atoms with E-state index in [0.29, 0.717) is 18.7 Å². The number of Topliss-reactive ketones (excluding diaryl/α,β-unsaturated/α-hetero) is 1. The van der Waals surface area contributed by atoms with Gasteiger partial charge in [0.2, 0.25) is 0 Å². The van der Waals surface area contributed by atoms with Gasteiger partial charge in [0, 0.05) is 23.4 Å². The number of ether oxygens (including phenoxy) is 1. The molecule has 108 valence electrons. The van der Waals surface area contributed by atoms with E-state index in [1.165, 1.54) is 5.56 Å². The van der Waals surface area contributed by atoms with Crippen LogP contribution in [-0.4, -0.2) is 23.9 Å². The molecule has 0 bridgehead atoms. The van der Waals surface area contributed by atoms with Crippen LogP contribution in [-0.2, 0) is 13.0 Å². The number of hydrogen-bond donors (Lipinski definition) is 0. The number of carbonyl (C=O) groups is 1. The number of benzene rings is 1. The fourth-order valence-corrected chi connectivity index (χ4v) is 4.02. The fourth-order valence-electron chi connectivity index (χ4n) is 2.88. The molecule has 0 unspecified atom stereocenters. The van der Waals surface area contributed by atoms with Crippen molar-refractivity contribution in [2.75, 3.05) is 18.1 Å². The van der Waals surface area contributed by atoms with Gasteiger partial charge < -0.3 is 9.64 Å². The zero-order valence-corrected chi connectivity index (χ0v) is 12.5. The van der Waals surface area contributed by atoms with Gasteiger partial charge in [-0.15, -0.1) is 11.3 Å². The molecular formula is C16H16N2O2S. The van der Waals surface area contributed by atoms with E-state index in [2.05, 4.69) is 16.0 Å². The topological polar surface area (TPSA) is 42.4 Å². The molecule has 5 heteroatoms. The van der Waals surface area contributed by atoms with Crippen molar-refractivity contribution in [3.63, 3.8) is 0 Å². The van der Waals surface area contributed by atoms with Gasteiger partial charge in [-0.05, 0) is 18.9 Å². The summed E-state index contributed by atoms with van der Waals surface area (Å²) in [4.78, 5) is 19.9. The van der Waals surface area contributed by atoms with Gasteiger partial charge in [0.05, 0.1) is 6.54 Å². The maximum absolute atomic E-state index is 11.9. The second-order valence-corrected chi connectivity index (χ2v) is 6.48. The summed E-state index contributed by atoms with van der Waals surface area (Å²) in [7, 11) is 0. The Balaban J connectivity index is 1.66. The third-order valence-electron chi connectivity index (χ3n) is 3.98. The van der Waals surface area contributed by atoms with Crippen LogP contribution in [0.5, 0.6) is 5.75 Å². The summed E-state index contributed by atoms with van der Waals surface area (Å²) >= 11 is 1.67. The maximum atomic E-state index is 11.9. The highest BCUT2D eigenvalue weighted by atomic mass is 32.1. The molecular weight excluding hydrogens is 284 g/mol. The monoisotopic (exact) mass is 300 g/mol. The SMILES string of the molecule is O=C1CCCc2sc(N3CCOc4ccccc4C3)nc21. The van der Waals surface area contributed by atoms with Crippen LogP contribution < -0.4 is 9.64 Å². The van der Waals surface area contributed by atoms with Gasteiger partial charge in [0.1, 0.15) is 18.1 Å². The number of rotatable bonds is 1. The number of ketones is 1. The molecule has 1 aliphatic heterocycles. The van der Waals surface area contributed by atoms with Gasteiger partial charge in [-0.2, -0.15) is 0 Å². The summed E-state index contributed by atoms with van der Waals surface area (Å²) in [5, 5.41) is 0.954. The minimum atomic E-state index is 0.199. The summed E-state index contributed by atoms with van der Waals surface area (Å²) in [6.45, 7) is 2.24. The predicted octanol–water partition coefficient (Wildman–Crippen LogP) is 3.06. The molecule has 4 rings (SSSR count). The first-order chi connectivity index (χ1) is 10.3. The van der Waals surface area contributed by atoms with Crippen molar-refractivity contribution in [2.45, 2.75) is 25.8 Å². The van der Waals surface area contributed by atoms with Gasteiger partial charge in [0.25, 0.3) is 0 Å². The first-order valence-corrected chi connectivity index (χ1v) is 8.11. The Labute approximate surface area is 127 Å². The van der Waals surface area contributed by atoms with Crippen LogP contribution in [0.4, 0.5) is 5.13 Å². The summed E-state index contributed by atoms with van der Waals surface area (Å²) in [6.07, 6.45) is 2.58. The van der Waals surface area contributed by atoms with Crippen molar-refractivity contribution < 1.29 is 9.53 Å². The molecule has 0 N–H and O–H groups in total. The van der Waals surface area contributed by atoms with E-state index in [0.717, 1.165) is 41.7 Å². The molecule has 1 aromatic carbocycles. The lowest BCUT2D eigenvalue weighted by Gasteiger charge is -2.18. The summed E-state index contributed by atoms with van der Waals surface area (Å²) in [5.74, 6) is 1.16. The molecule has 1 aromatic heterocycles. The molecule has 0 radical (unpaired) electrons. The number of hydrogen-bond acceptors (Lipinski definition) is 5. The lowest BCUT2D eigenvalue weighted by molar-refractivity contribution is 0.0968. The molecule has 2 heterocycles. The average Bonchev–Trinajstić information content (AvgIpc) is 2.82. The number of anilines is 1. The zero-order chi connectivity index (χ0) is 14.2. The smallest absolute Gasteiger partial charge is 0.186 e. The van der Waals surface area contributed by atoms with E-state index < -0.39 is 0 Å². The Hall–Kier alpha value is -1.88. The van der Waals surface area contributed by atoms with Crippen LogP contribution in [0.15, 0.2) is 24.3 Å². The van der Waals surface area contributed by atoms with E-state index in [9.17, 15) is 4.79 Å². The minimum Gasteiger partial charge on any atom is -0.491 e. The Kier molecular flexibility index (Phi) is 3.15. The number of aromatic nitrogens is 1. The average molecular weight is 300 g/mol. The van der Waals surface area contributed by atoms with Crippen molar-refractivity contribution >= 4 is 22.3 Å². The summed E-state index contributed by atoms with van der Waals surface area (Å²) in [5.41, 5.74) is 1.88. The Morgan fingerprint density at radius 3 is 3.05 bits per heavy atom. The number of para-hydroxylation sites is 1. The summed E-state index contributed by atoms with van der Waals surface area (Å²) in [6, 6.07) is 8.12. The van der Waals surface area contributed by atoms with E-state index in [-0.39, 0.29) is 5.78 Å². The molecule has 4 nitrogen and oxygen atoms in total. The number of fused-ring (bicyclic) bond motifs is 2. The molecule has 21 heavy (non-hydrogen) atoms. The first kappa shape index (κ1) is 12.8. The molecule has 0 atom stereocenters. The highest BCUT2D eigenvalue weighted by Crippen LogP contribution is 2.34. The maximum Gasteiger partial charge on any atom is 0.186 e. The fraction of sp³-hybridized carbons (Fsp3) is 0.375. The minimum absolute atomic E-state index is 0.199. The quantitative estimate of drug-likeness (QED) is 0.812. The molecule has 0 saturated heterocycles. The van der Waals surface area contributed by atoms with E-state index in [1.807, 2.05) is 18.2 Å². The van der Waals surface area contributed by atoms with Crippen molar-refractivity contribution in [2.24, 2.45) is 0 Å². The van der Waals surface area contributed by atoms with Crippen molar-refractivity contribution in [3.8, 4) is 5.75 Å². The molecule has 0 amide bonds. The normalized spacial score (nSPS) is 17.7. The number of nitrogens with zero attached hydrogens (tertiary/aromatic N) is 2. The summed E-state index contributed by atoms with van der Waals surface area (Å²) < 4.78 is 5.79. The molecule has 0 spiro atoms. The Bertz CT molecular complexity index is 695. The number of aryl methyl sites for hydroxylation is 1. The first-order valence-electron chi connectivity index (χ1n) is 7.30. The predicted molar refractivity (Wildman–Crippen MR) is 82.4 cm³/mol. The van der Waals surface area contributed by atoms with Gasteiger partial charge in [-0.25, -0.2) is 4.98 Å². The highest BCUT2D eigenvalue weighted by Gasteiger charge is 2.25. The molecule has 2 aromatic rings. The van der Waals surface area contributed by atoms with Gasteiger partial charge in [-0.3, -0.25) is 4.79 Å². The third-order valence-corrected chi connectivity index (χ3v) is 5.16. The van der Waals surface area contributed by atoms with Crippen LogP contribution in [0.3, 0.4) is 0 Å². The van der Waals surface area contributed by atoms with Crippen molar-refractivity contribution in [1.82, 2.24) is 4.98 Å². The van der Waals surface area contributed by atoms with Crippen LogP contribution in [0.1, 0.15) is 33.8 Å². The molecule has 0 fully saturated rings. The van der Waals surface area contributed by atoms with E-state index in [4.69, 9.17) is 4.74 Å². The van der Waals surface area contributed by atoms with Gasteiger partial charge in [0.15, 0.2) is 10.9 Å². The van der Waals surface area contributed by atoms with Crippen LogP contribution in [0, 0.1) is 0 Å². The molecule has 0 saturated carbocycles. The largest absolute Gasteiger partial charge is 0.491 e. The van der Waals surface area contributed by atoms with Crippen molar-refractivity contribution in [3.05, 3.63) is 40.4 Å². The second-order valence-electron chi connectivity index (χ2n) is 5.42.